The number of nitrogens with one attached hydrogen (secondary N) is 1. The Bertz CT molecular complexity index is 1020. The summed E-state index contributed by atoms with van der Waals surface area (Å²) >= 11 is 0. The predicted octanol–water partition coefficient (Wildman–Crippen LogP) is 0.253. The molecule has 0 saturated carbocycles. The van der Waals surface area contributed by atoms with Crippen LogP contribution in [0, 0.1) is 0 Å². The molecule has 1 aliphatic rings. The zero-order chi connectivity index (χ0) is 22.2. The number of rotatable bonds is 9. The number of hydrogen-bond donors (Lipinski definition) is 2. The van der Waals surface area contributed by atoms with Gasteiger partial charge in [0.1, 0.15) is 5.56 Å². The summed E-state index contributed by atoms with van der Waals surface area (Å²) in [5.41, 5.74) is -0.488. The molecular weight excluding hydrogens is 404 g/mol. The van der Waals surface area contributed by atoms with Crippen molar-refractivity contribution in [3.8, 4) is 17.4 Å². The fourth-order valence-electron chi connectivity index (χ4n) is 3.36. The number of aromatic amines is 1. The summed E-state index contributed by atoms with van der Waals surface area (Å²) < 4.78 is 16.9. The second kappa shape index (κ2) is 10.8. The SMILES string of the molecule is COc1ccc(CCn2c(O)c(C=NCCN3CCOCC3)c(=O)[nH]c2=O)cc1OC. The summed E-state index contributed by atoms with van der Waals surface area (Å²) in [4.78, 5) is 33.1. The minimum absolute atomic E-state index is 0.0334. The smallest absolute Gasteiger partial charge is 0.331 e. The van der Waals surface area contributed by atoms with Crippen LogP contribution in [0.15, 0.2) is 32.8 Å². The average Bonchev–Trinajstić information content (AvgIpc) is 2.78. The Morgan fingerprint density at radius 2 is 1.90 bits per heavy atom. The van der Waals surface area contributed by atoms with Crippen LogP contribution < -0.4 is 20.7 Å². The summed E-state index contributed by atoms with van der Waals surface area (Å²) in [6, 6.07) is 5.43. The van der Waals surface area contributed by atoms with E-state index in [0.29, 0.717) is 37.7 Å². The van der Waals surface area contributed by atoms with Crippen LogP contribution in [0.2, 0.25) is 0 Å². The Labute approximate surface area is 179 Å². The number of aryl methyl sites for hydroxylation is 1. The molecule has 1 saturated heterocycles. The van der Waals surface area contributed by atoms with Crippen LogP contribution in [-0.4, -0.2) is 79.4 Å². The molecule has 31 heavy (non-hydrogen) atoms. The molecule has 1 fully saturated rings. The summed E-state index contributed by atoms with van der Waals surface area (Å²) in [5.74, 6) is 0.779. The van der Waals surface area contributed by atoms with E-state index >= 15 is 0 Å². The molecule has 2 N–H and O–H groups in total. The Balaban J connectivity index is 1.70. The second-order valence-corrected chi connectivity index (χ2v) is 7.08. The van der Waals surface area contributed by atoms with Gasteiger partial charge in [-0.3, -0.25) is 24.2 Å². The highest BCUT2D eigenvalue weighted by molar-refractivity contribution is 5.81. The minimum atomic E-state index is -0.673. The normalized spacial score (nSPS) is 14.8. The van der Waals surface area contributed by atoms with Gasteiger partial charge in [0.2, 0.25) is 5.88 Å². The standard InChI is InChI=1S/C21H28N4O6/c1-29-17-4-3-15(13-18(17)30-2)5-7-25-20(27)16(19(26)23-21(25)28)14-22-6-8-24-9-11-31-12-10-24/h3-4,13-14,27H,5-12H2,1-2H3,(H,23,26,28). The fraction of sp³-hybridized carbons (Fsp3) is 0.476. The zero-order valence-electron chi connectivity index (χ0n) is 17.8. The van der Waals surface area contributed by atoms with Crippen molar-refractivity contribution < 1.29 is 19.3 Å². The predicted molar refractivity (Wildman–Crippen MR) is 116 cm³/mol. The molecular formula is C21H28N4O6. The molecule has 3 rings (SSSR count). The molecule has 2 heterocycles. The number of ether oxygens (including phenoxy) is 3. The van der Waals surface area contributed by atoms with Gasteiger partial charge >= 0.3 is 5.69 Å². The molecule has 10 nitrogen and oxygen atoms in total. The molecule has 0 radical (unpaired) electrons. The van der Waals surface area contributed by atoms with Crippen molar-refractivity contribution in [2.24, 2.45) is 4.99 Å². The largest absolute Gasteiger partial charge is 0.494 e. The van der Waals surface area contributed by atoms with Crippen LogP contribution in [0.4, 0.5) is 0 Å². The first-order valence-electron chi connectivity index (χ1n) is 10.1. The number of hydrogen-bond acceptors (Lipinski definition) is 8. The molecule has 0 amide bonds. The molecule has 168 valence electrons. The fourth-order valence-corrected chi connectivity index (χ4v) is 3.36. The number of aromatic nitrogens is 2. The van der Waals surface area contributed by atoms with Crippen molar-refractivity contribution in [3.63, 3.8) is 0 Å². The van der Waals surface area contributed by atoms with E-state index in [1.54, 1.807) is 26.4 Å². The van der Waals surface area contributed by atoms with Crippen LogP contribution in [0.1, 0.15) is 11.1 Å². The van der Waals surface area contributed by atoms with Gasteiger partial charge in [0, 0.05) is 32.4 Å². The quantitative estimate of drug-likeness (QED) is 0.546. The van der Waals surface area contributed by atoms with Gasteiger partial charge in [0.15, 0.2) is 11.5 Å². The number of nitrogens with zero attached hydrogens (tertiary/aromatic N) is 3. The molecule has 1 aromatic carbocycles. The van der Waals surface area contributed by atoms with E-state index in [1.807, 2.05) is 6.07 Å². The summed E-state index contributed by atoms with van der Waals surface area (Å²) in [7, 11) is 3.10. The van der Waals surface area contributed by atoms with E-state index in [2.05, 4.69) is 14.9 Å². The van der Waals surface area contributed by atoms with Crippen molar-refractivity contribution in [2.45, 2.75) is 13.0 Å². The molecule has 1 aromatic heterocycles. The molecule has 0 aliphatic carbocycles. The maximum Gasteiger partial charge on any atom is 0.331 e. The van der Waals surface area contributed by atoms with Crippen LogP contribution >= 0.6 is 0 Å². The molecule has 0 bridgehead atoms. The van der Waals surface area contributed by atoms with Gasteiger partial charge in [0.25, 0.3) is 5.56 Å². The number of aliphatic imine (C=N–C) groups is 1. The third kappa shape index (κ3) is 5.74. The van der Waals surface area contributed by atoms with Crippen LogP contribution in [0.3, 0.4) is 0 Å². The number of methoxy groups -OCH3 is 2. The van der Waals surface area contributed by atoms with Crippen LogP contribution in [0.25, 0.3) is 0 Å². The second-order valence-electron chi connectivity index (χ2n) is 7.08. The lowest BCUT2D eigenvalue weighted by Gasteiger charge is -2.25. The molecule has 0 atom stereocenters. The van der Waals surface area contributed by atoms with Crippen LogP contribution in [0.5, 0.6) is 17.4 Å². The molecule has 0 spiro atoms. The highest BCUT2D eigenvalue weighted by Gasteiger charge is 2.14. The Hall–Kier alpha value is -3.11. The first-order chi connectivity index (χ1) is 15.0. The first kappa shape index (κ1) is 22.6. The summed E-state index contributed by atoms with van der Waals surface area (Å²) in [5, 5.41) is 10.5. The highest BCUT2D eigenvalue weighted by atomic mass is 16.5. The average molecular weight is 432 g/mol. The van der Waals surface area contributed by atoms with Gasteiger partial charge in [-0.2, -0.15) is 0 Å². The third-order valence-electron chi connectivity index (χ3n) is 5.15. The van der Waals surface area contributed by atoms with E-state index in [0.717, 1.165) is 29.8 Å². The lowest BCUT2D eigenvalue weighted by Crippen LogP contribution is -2.37. The zero-order valence-corrected chi connectivity index (χ0v) is 17.8. The van der Waals surface area contributed by atoms with Crippen molar-refractivity contribution in [1.29, 1.82) is 0 Å². The Kier molecular flexibility index (Phi) is 7.85. The van der Waals surface area contributed by atoms with Crippen molar-refractivity contribution in [1.82, 2.24) is 14.5 Å². The molecule has 0 unspecified atom stereocenters. The number of H-pyrrole nitrogens is 1. The van der Waals surface area contributed by atoms with Crippen molar-refractivity contribution in [2.75, 3.05) is 53.6 Å². The van der Waals surface area contributed by atoms with E-state index in [1.165, 1.54) is 6.21 Å². The van der Waals surface area contributed by atoms with E-state index in [4.69, 9.17) is 14.2 Å². The lowest BCUT2D eigenvalue weighted by atomic mass is 10.1. The maximum atomic E-state index is 12.2. The Morgan fingerprint density at radius 3 is 2.61 bits per heavy atom. The van der Waals surface area contributed by atoms with Gasteiger partial charge in [-0.05, 0) is 24.1 Å². The van der Waals surface area contributed by atoms with Crippen LogP contribution in [-0.2, 0) is 17.7 Å². The van der Waals surface area contributed by atoms with Gasteiger partial charge in [-0.15, -0.1) is 0 Å². The van der Waals surface area contributed by atoms with Gasteiger partial charge < -0.3 is 19.3 Å². The summed E-state index contributed by atoms with van der Waals surface area (Å²) in [6.07, 6.45) is 1.76. The number of morpholine rings is 1. The first-order valence-corrected chi connectivity index (χ1v) is 10.1. The molecule has 2 aromatic rings. The molecule has 10 heteroatoms. The van der Waals surface area contributed by atoms with Gasteiger partial charge in [0.05, 0.1) is 34.0 Å². The van der Waals surface area contributed by atoms with E-state index in [9.17, 15) is 14.7 Å². The van der Waals surface area contributed by atoms with E-state index < -0.39 is 17.1 Å². The summed E-state index contributed by atoms with van der Waals surface area (Å²) in [6.45, 7) is 4.49. The lowest BCUT2D eigenvalue weighted by molar-refractivity contribution is 0.0395. The van der Waals surface area contributed by atoms with Crippen molar-refractivity contribution >= 4 is 6.21 Å². The Morgan fingerprint density at radius 1 is 1.16 bits per heavy atom. The topological polar surface area (TPSA) is 118 Å². The third-order valence-corrected chi connectivity index (χ3v) is 5.15. The van der Waals surface area contributed by atoms with E-state index in [-0.39, 0.29) is 12.1 Å². The number of aromatic hydroxyl groups is 1. The van der Waals surface area contributed by atoms with Crippen molar-refractivity contribution in [3.05, 3.63) is 50.2 Å². The maximum absolute atomic E-state index is 12.2. The monoisotopic (exact) mass is 432 g/mol. The highest BCUT2D eigenvalue weighted by Crippen LogP contribution is 2.27. The number of benzene rings is 1. The van der Waals surface area contributed by atoms with Gasteiger partial charge in [-0.1, -0.05) is 6.07 Å². The minimum Gasteiger partial charge on any atom is -0.494 e. The molecule has 1 aliphatic heterocycles. The van der Waals surface area contributed by atoms with Gasteiger partial charge in [-0.25, -0.2) is 4.79 Å².